The third kappa shape index (κ3) is 16.8. The van der Waals surface area contributed by atoms with E-state index in [1.165, 1.54) is 4.90 Å². The molecule has 1 aromatic carbocycles. The van der Waals surface area contributed by atoms with E-state index in [0.717, 1.165) is 12.7 Å². The fourth-order valence-electron chi connectivity index (χ4n) is 4.03. The molecule has 0 saturated carbocycles. The number of hydrogen-bond acceptors (Lipinski definition) is 9. The zero-order chi connectivity index (χ0) is 37.2. The summed E-state index contributed by atoms with van der Waals surface area (Å²) in [4.78, 5) is 61.2. The first-order chi connectivity index (χ1) is 22.1. The maximum Gasteiger partial charge on any atom is 0.490 e. The minimum absolute atomic E-state index is 0.0177. The Morgan fingerprint density at radius 3 is 1.98 bits per heavy atom. The van der Waals surface area contributed by atoms with Crippen molar-refractivity contribution in [2.45, 2.75) is 75.1 Å². The van der Waals surface area contributed by atoms with Gasteiger partial charge >= 0.3 is 30.3 Å². The highest BCUT2D eigenvalue weighted by Gasteiger charge is 2.40. The topological polar surface area (TPSA) is 261 Å². The molecule has 1 aliphatic heterocycles. The number of carboxylic acid groups (broad SMARTS) is 2. The van der Waals surface area contributed by atoms with E-state index in [9.17, 15) is 45.8 Å². The molecule has 21 heteroatoms. The first-order valence-electron chi connectivity index (χ1n) is 13.9. The predicted octanol–water partition coefficient (Wildman–Crippen LogP) is 0.276. The van der Waals surface area contributed by atoms with Crippen LogP contribution in [0.25, 0.3) is 0 Å². The summed E-state index contributed by atoms with van der Waals surface area (Å²) in [5, 5.41) is 27.4. The average molecular weight is 705 g/mol. The Bertz CT molecular complexity index is 1210. The van der Waals surface area contributed by atoms with Crippen LogP contribution in [0.5, 0.6) is 0 Å². The Morgan fingerprint density at radius 1 is 1.00 bits per heavy atom. The predicted molar refractivity (Wildman–Crippen MR) is 155 cm³/mol. The number of benzene rings is 1. The number of carbonyl (C=O) groups is 5. The normalized spacial score (nSPS) is 16.0. The molecule has 1 saturated heterocycles. The molecule has 0 radical (unpaired) electrons. The van der Waals surface area contributed by atoms with Crippen molar-refractivity contribution in [1.29, 1.82) is 0 Å². The molecule has 1 fully saturated rings. The molecule has 4 atom stereocenters. The van der Waals surface area contributed by atoms with E-state index in [0.29, 0.717) is 51.6 Å². The van der Waals surface area contributed by atoms with Gasteiger partial charge in [-0.25, -0.2) is 14.4 Å². The number of guanidine groups is 1. The number of amides is 2. The zero-order valence-corrected chi connectivity index (χ0v) is 25.5. The lowest BCUT2D eigenvalue weighted by Gasteiger charge is -2.29. The molecule has 10 N–H and O–H groups in total. The molecule has 1 aliphatic rings. The van der Waals surface area contributed by atoms with Crippen LogP contribution >= 0.6 is 0 Å². The van der Waals surface area contributed by atoms with Gasteiger partial charge in [0.1, 0.15) is 6.04 Å². The molecule has 1 unspecified atom stereocenters. The number of aliphatic carboxylic acids is 2. The molecule has 1 heterocycles. The number of esters is 1. The average Bonchev–Trinajstić information content (AvgIpc) is 3.49. The number of aliphatic hydroxyl groups excluding tert-OH is 1. The minimum Gasteiger partial charge on any atom is -0.475 e. The van der Waals surface area contributed by atoms with Crippen molar-refractivity contribution >= 4 is 35.7 Å². The van der Waals surface area contributed by atoms with E-state index in [-0.39, 0.29) is 11.9 Å². The Labute approximate surface area is 270 Å². The molecule has 2 amide bonds. The number of nitrogens with zero attached hydrogens (tertiary/aromatic N) is 2. The number of carbonyl (C=O) groups excluding carboxylic acids is 3. The monoisotopic (exact) mass is 704 g/mol. The number of ether oxygens (including phenoxy) is 1. The second kappa shape index (κ2) is 20.5. The maximum atomic E-state index is 13.1. The number of carboxylic acids is 2. The van der Waals surface area contributed by atoms with Crippen LogP contribution in [0.2, 0.25) is 0 Å². The number of aliphatic imine (C=N–C) groups is 1. The first-order valence-corrected chi connectivity index (χ1v) is 13.9. The fraction of sp³-hybridized carbons (Fsp3) is 0.556. The summed E-state index contributed by atoms with van der Waals surface area (Å²) in [5.41, 5.74) is 17.7. The lowest BCUT2D eigenvalue weighted by molar-refractivity contribution is -0.193. The summed E-state index contributed by atoms with van der Waals surface area (Å²) in [7, 11) is 1.16. The minimum atomic E-state index is -5.08. The molecule has 15 nitrogen and oxygen atoms in total. The van der Waals surface area contributed by atoms with Gasteiger partial charge in [0.2, 0.25) is 11.8 Å². The van der Waals surface area contributed by atoms with E-state index in [2.05, 4.69) is 15.0 Å². The molecule has 2 rings (SSSR count). The molecular weight excluding hydrogens is 666 g/mol. The number of nitrogens with two attached hydrogens (primary N) is 3. The van der Waals surface area contributed by atoms with Gasteiger partial charge in [-0.3, -0.25) is 14.6 Å². The highest BCUT2D eigenvalue weighted by molar-refractivity contribution is 5.91. The fourth-order valence-corrected chi connectivity index (χ4v) is 4.03. The van der Waals surface area contributed by atoms with Crippen molar-refractivity contribution in [3.8, 4) is 0 Å². The smallest absolute Gasteiger partial charge is 0.475 e. The van der Waals surface area contributed by atoms with Gasteiger partial charge < -0.3 is 47.5 Å². The van der Waals surface area contributed by atoms with Gasteiger partial charge in [-0.15, -0.1) is 0 Å². The van der Waals surface area contributed by atoms with Crippen molar-refractivity contribution in [2.24, 2.45) is 22.2 Å². The lowest BCUT2D eigenvalue weighted by atomic mass is 10.0. The van der Waals surface area contributed by atoms with Gasteiger partial charge in [-0.05, 0) is 44.1 Å². The number of rotatable bonds is 12. The first kappa shape index (κ1) is 43.3. The van der Waals surface area contributed by atoms with Crippen LogP contribution in [0.15, 0.2) is 35.3 Å². The molecule has 0 spiro atoms. The maximum absolute atomic E-state index is 13.1. The van der Waals surface area contributed by atoms with Crippen LogP contribution in [-0.4, -0.2) is 113 Å². The van der Waals surface area contributed by atoms with Crippen LogP contribution in [0.4, 0.5) is 26.3 Å². The van der Waals surface area contributed by atoms with Crippen molar-refractivity contribution < 1.29 is 70.4 Å². The van der Waals surface area contributed by atoms with Crippen molar-refractivity contribution in [2.75, 3.05) is 20.2 Å². The van der Waals surface area contributed by atoms with Crippen molar-refractivity contribution in [1.82, 2.24) is 10.2 Å². The summed E-state index contributed by atoms with van der Waals surface area (Å²) >= 11 is 0. The third-order valence-electron chi connectivity index (χ3n) is 6.31. The number of aliphatic hydroxyl groups is 1. The number of hydrogen-bond donors (Lipinski definition) is 7. The van der Waals surface area contributed by atoms with Gasteiger partial charge in [0.25, 0.3) is 0 Å². The molecule has 0 aromatic heterocycles. The van der Waals surface area contributed by atoms with E-state index in [1.54, 1.807) is 0 Å². The van der Waals surface area contributed by atoms with Crippen LogP contribution in [0.1, 0.15) is 37.7 Å². The van der Waals surface area contributed by atoms with Gasteiger partial charge in [0.15, 0.2) is 12.1 Å². The van der Waals surface area contributed by atoms with Crippen LogP contribution in [0.3, 0.4) is 0 Å². The highest BCUT2D eigenvalue weighted by atomic mass is 19.4. The number of nitrogens with one attached hydrogen (secondary N) is 1. The van der Waals surface area contributed by atoms with Crippen LogP contribution < -0.4 is 22.5 Å². The lowest BCUT2D eigenvalue weighted by Crippen LogP contribution is -2.55. The van der Waals surface area contributed by atoms with Gasteiger partial charge in [-0.2, -0.15) is 26.3 Å². The van der Waals surface area contributed by atoms with Gasteiger partial charge in [-0.1, -0.05) is 30.3 Å². The van der Waals surface area contributed by atoms with E-state index >= 15 is 0 Å². The van der Waals surface area contributed by atoms with Crippen molar-refractivity contribution in [3.63, 3.8) is 0 Å². The Kier molecular flexibility index (Phi) is 18.6. The SMILES string of the molecule is COC(=O)C(O)[C@H](CCCCN=C(N)N)NC(=O)[C@@H]1CCCN1C(=O)[C@H](N)Cc1ccccc1.O=C(O)C(F)(F)F.O=C(O)C(F)(F)F. The molecule has 0 aliphatic carbocycles. The molecule has 272 valence electrons. The van der Waals surface area contributed by atoms with Crippen LogP contribution in [0, 0.1) is 0 Å². The second-order valence-electron chi connectivity index (χ2n) is 9.98. The number of alkyl halides is 6. The summed E-state index contributed by atoms with van der Waals surface area (Å²) in [6.45, 7) is 0.809. The number of likely N-dealkylation sites (tertiary alicyclic amines) is 1. The summed E-state index contributed by atoms with van der Waals surface area (Å²) in [6.07, 6.45) is -8.76. The number of unbranched alkanes of at least 4 members (excludes halogenated alkanes) is 1. The Morgan fingerprint density at radius 2 is 1.52 bits per heavy atom. The largest absolute Gasteiger partial charge is 0.490 e. The standard InChI is InChI=1S/C23H36N6O5.2C2HF3O2/c1-34-22(33)19(30)17(10-5-6-12-27-23(25)26)28-20(31)18-11-7-13-29(18)21(32)16(24)14-15-8-3-2-4-9-15;2*3-2(4,5)1(6)7/h2-4,8-9,16-19,30H,5-7,10-14,24H2,1H3,(H,28,31)(H4,25,26,27);2*(H,6,7)/t16-,17+,18+,19?;;/m1../s1. The summed E-state index contributed by atoms with van der Waals surface area (Å²) < 4.78 is 68.1. The van der Waals surface area contributed by atoms with Gasteiger partial charge in [0, 0.05) is 13.1 Å². The summed E-state index contributed by atoms with van der Waals surface area (Å²) in [5.74, 6) is -7.12. The molecular formula is C27H38F6N6O9. The quantitative estimate of drug-likeness (QED) is 0.0509. The van der Waals surface area contributed by atoms with Crippen LogP contribution in [-0.2, 0) is 35.1 Å². The van der Waals surface area contributed by atoms with Crippen molar-refractivity contribution in [3.05, 3.63) is 35.9 Å². The van der Waals surface area contributed by atoms with Gasteiger partial charge in [0.05, 0.1) is 19.2 Å². The second-order valence-corrected chi connectivity index (χ2v) is 9.98. The highest BCUT2D eigenvalue weighted by Crippen LogP contribution is 2.20. The Balaban J connectivity index is 0.00000131. The molecule has 1 aromatic rings. The third-order valence-corrected chi connectivity index (χ3v) is 6.31. The van der Waals surface area contributed by atoms with E-state index < -0.39 is 60.4 Å². The number of methoxy groups -OCH3 is 1. The van der Waals surface area contributed by atoms with E-state index in [1.807, 2.05) is 30.3 Å². The molecule has 48 heavy (non-hydrogen) atoms. The Hall–Kier alpha value is -4.66. The van der Waals surface area contributed by atoms with E-state index in [4.69, 9.17) is 37.0 Å². The molecule has 0 bridgehead atoms. The zero-order valence-electron chi connectivity index (χ0n) is 25.5. The summed E-state index contributed by atoms with van der Waals surface area (Å²) in [6, 6.07) is 7.06. The number of halogens is 6.